The minimum Gasteiger partial charge on any atom is -0.481 e. The summed E-state index contributed by atoms with van der Waals surface area (Å²) in [5.74, 6) is -1.18. The Kier molecular flexibility index (Phi) is 8.25. The van der Waals surface area contributed by atoms with Crippen molar-refractivity contribution in [1.82, 2.24) is 14.6 Å². The number of benzene rings is 2. The highest BCUT2D eigenvalue weighted by Crippen LogP contribution is 2.39. The van der Waals surface area contributed by atoms with Gasteiger partial charge < -0.3 is 15.0 Å². The average Bonchev–Trinajstić information content (AvgIpc) is 3.19. The summed E-state index contributed by atoms with van der Waals surface area (Å²) < 4.78 is 31.5. The standard InChI is InChI=1S/C31H38ClN3O5S/c1-31(2,3)34-41(39,40)27-14-13-23(22-11-7-8-12-24(22)27)26-17-25(29(36)33-21-15-20(16-21)30(37)38)28(32)35(26)18-19-9-5-4-6-10-19/h7-8,11-14,17,19-21,34H,4-6,9-10,15-16,18H2,1-3H3,(H,33,36)(H,37,38). The van der Waals surface area contributed by atoms with Crippen molar-refractivity contribution in [1.29, 1.82) is 0 Å². The molecule has 0 aliphatic heterocycles. The lowest BCUT2D eigenvalue weighted by Crippen LogP contribution is -2.46. The van der Waals surface area contributed by atoms with Crippen molar-refractivity contribution in [3.8, 4) is 11.3 Å². The molecule has 2 aliphatic carbocycles. The third kappa shape index (κ3) is 6.32. The lowest BCUT2D eigenvalue weighted by molar-refractivity contribution is -0.145. The van der Waals surface area contributed by atoms with Crippen LogP contribution in [0.3, 0.4) is 0 Å². The minimum absolute atomic E-state index is 0.194. The summed E-state index contributed by atoms with van der Waals surface area (Å²) in [4.78, 5) is 24.8. The Hall–Kier alpha value is -2.88. The molecule has 0 spiro atoms. The first-order valence-electron chi connectivity index (χ1n) is 14.3. The first-order chi connectivity index (χ1) is 19.3. The Morgan fingerprint density at radius 3 is 2.32 bits per heavy atom. The molecule has 2 saturated carbocycles. The summed E-state index contributed by atoms with van der Waals surface area (Å²) in [6.07, 6.45) is 6.52. The number of amides is 1. The van der Waals surface area contributed by atoms with Gasteiger partial charge in [0.1, 0.15) is 5.15 Å². The smallest absolute Gasteiger partial charge is 0.306 e. The number of aromatic nitrogens is 1. The van der Waals surface area contributed by atoms with Gasteiger partial charge in [0.05, 0.1) is 22.1 Å². The van der Waals surface area contributed by atoms with Crippen molar-refractivity contribution in [3.05, 3.63) is 53.2 Å². The summed E-state index contributed by atoms with van der Waals surface area (Å²) in [6.45, 7) is 6.07. The zero-order valence-electron chi connectivity index (χ0n) is 23.7. The predicted molar refractivity (Wildman–Crippen MR) is 161 cm³/mol. The number of nitrogens with one attached hydrogen (secondary N) is 2. The van der Waals surface area contributed by atoms with Gasteiger partial charge in [0.25, 0.3) is 5.91 Å². The van der Waals surface area contributed by atoms with Gasteiger partial charge in [0.15, 0.2) is 0 Å². The Bertz CT molecular complexity index is 1580. The summed E-state index contributed by atoms with van der Waals surface area (Å²) in [6, 6.07) is 12.4. The zero-order valence-corrected chi connectivity index (χ0v) is 25.3. The fourth-order valence-corrected chi connectivity index (χ4v) is 8.03. The van der Waals surface area contributed by atoms with Gasteiger partial charge in [-0.15, -0.1) is 0 Å². The molecule has 1 amide bonds. The number of hydrogen-bond acceptors (Lipinski definition) is 4. The molecule has 1 aromatic heterocycles. The molecule has 0 radical (unpaired) electrons. The Labute approximate surface area is 246 Å². The van der Waals surface area contributed by atoms with Crippen LogP contribution in [0.4, 0.5) is 0 Å². The van der Waals surface area contributed by atoms with Gasteiger partial charge in [0, 0.05) is 29.1 Å². The van der Waals surface area contributed by atoms with Crippen LogP contribution in [0.5, 0.6) is 0 Å². The normalized spacial score (nSPS) is 20.1. The van der Waals surface area contributed by atoms with Crippen LogP contribution in [0, 0.1) is 11.8 Å². The first kappa shape index (κ1) is 29.6. The average molecular weight is 600 g/mol. The van der Waals surface area contributed by atoms with Crippen molar-refractivity contribution in [2.75, 3.05) is 0 Å². The number of carboxylic acids is 1. The van der Waals surface area contributed by atoms with Crippen molar-refractivity contribution >= 4 is 44.3 Å². The highest BCUT2D eigenvalue weighted by atomic mass is 35.5. The number of nitrogens with zero attached hydrogens (tertiary/aromatic N) is 1. The van der Waals surface area contributed by atoms with Crippen LogP contribution in [0.25, 0.3) is 22.0 Å². The zero-order chi connectivity index (χ0) is 29.5. The van der Waals surface area contributed by atoms with Gasteiger partial charge >= 0.3 is 5.97 Å². The predicted octanol–water partition coefficient (Wildman–Crippen LogP) is 6.21. The third-order valence-electron chi connectivity index (χ3n) is 8.15. The van der Waals surface area contributed by atoms with Gasteiger partial charge in [-0.1, -0.05) is 61.2 Å². The molecule has 3 aromatic rings. The van der Waals surface area contributed by atoms with E-state index >= 15 is 0 Å². The Balaban J connectivity index is 1.57. The van der Waals surface area contributed by atoms with E-state index in [1.54, 1.807) is 45.0 Å². The summed E-state index contributed by atoms with van der Waals surface area (Å²) >= 11 is 6.95. The Morgan fingerprint density at radius 2 is 1.68 bits per heavy atom. The highest BCUT2D eigenvalue weighted by molar-refractivity contribution is 7.89. The summed E-state index contributed by atoms with van der Waals surface area (Å²) in [5.41, 5.74) is 1.24. The molecule has 1 heterocycles. The van der Waals surface area contributed by atoms with E-state index in [1.165, 1.54) is 6.42 Å². The topological polar surface area (TPSA) is 118 Å². The maximum Gasteiger partial charge on any atom is 0.306 e. The number of carbonyl (C=O) groups excluding carboxylic acids is 1. The molecular formula is C31H38ClN3O5S. The minimum atomic E-state index is -3.80. The van der Waals surface area contributed by atoms with Crippen LogP contribution in [0.15, 0.2) is 47.4 Å². The molecule has 0 atom stereocenters. The van der Waals surface area contributed by atoms with Crippen LogP contribution in [0.2, 0.25) is 5.15 Å². The largest absolute Gasteiger partial charge is 0.481 e. The van der Waals surface area contributed by atoms with Crippen molar-refractivity contribution in [3.63, 3.8) is 0 Å². The fourth-order valence-electron chi connectivity index (χ4n) is 6.10. The van der Waals surface area contributed by atoms with Crippen LogP contribution >= 0.6 is 11.6 Å². The number of carboxylic acid groups (broad SMARTS) is 1. The number of sulfonamides is 1. The first-order valence-corrected chi connectivity index (χ1v) is 16.2. The van der Waals surface area contributed by atoms with E-state index in [0.29, 0.717) is 41.4 Å². The van der Waals surface area contributed by atoms with Gasteiger partial charge in [0.2, 0.25) is 10.0 Å². The van der Waals surface area contributed by atoms with Crippen LogP contribution in [-0.4, -0.2) is 41.5 Å². The van der Waals surface area contributed by atoms with Crippen LogP contribution < -0.4 is 10.0 Å². The molecule has 2 aromatic carbocycles. The van der Waals surface area contributed by atoms with Crippen LogP contribution in [-0.2, 0) is 21.4 Å². The van der Waals surface area contributed by atoms with Gasteiger partial charge in [-0.2, -0.15) is 0 Å². The van der Waals surface area contributed by atoms with Gasteiger partial charge in [-0.3, -0.25) is 9.59 Å². The molecule has 10 heteroatoms. The SMILES string of the molecule is CC(C)(C)NS(=O)(=O)c1ccc(-c2cc(C(=O)NC3CC(C(=O)O)C3)c(Cl)n2CC2CCCCC2)c2ccccc12. The second kappa shape index (κ2) is 11.4. The third-order valence-corrected chi connectivity index (χ3v) is 10.4. The number of aliphatic carboxylic acids is 1. The molecule has 0 bridgehead atoms. The van der Waals surface area contributed by atoms with E-state index in [-0.39, 0.29) is 16.8 Å². The number of halogens is 1. The van der Waals surface area contributed by atoms with Crippen molar-refractivity contribution < 1.29 is 23.1 Å². The number of carbonyl (C=O) groups is 2. The van der Waals surface area contributed by atoms with E-state index in [2.05, 4.69) is 10.0 Å². The van der Waals surface area contributed by atoms with E-state index in [0.717, 1.165) is 42.3 Å². The molecule has 3 N–H and O–H groups in total. The summed E-state index contributed by atoms with van der Waals surface area (Å²) in [5, 5.41) is 13.8. The number of rotatable bonds is 8. The molecule has 2 aliphatic rings. The van der Waals surface area contributed by atoms with Crippen molar-refractivity contribution in [2.24, 2.45) is 11.8 Å². The van der Waals surface area contributed by atoms with Gasteiger partial charge in [-0.05, 0) is 69.9 Å². The van der Waals surface area contributed by atoms with E-state index in [1.807, 2.05) is 22.8 Å². The lowest BCUT2D eigenvalue weighted by atomic mass is 9.80. The maximum absolute atomic E-state index is 13.4. The van der Waals surface area contributed by atoms with Crippen LogP contribution in [0.1, 0.15) is 76.1 Å². The highest BCUT2D eigenvalue weighted by Gasteiger charge is 2.36. The molecule has 8 nitrogen and oxygen atoms in total. The quantitative estimate of drug-likeness (QED) is 0.284. The Morgan fingerprint density at radius 1 is 1.02 bits per heavy atom. The number of fused-ring (bicyclic) bond motifs is 1. The second-order valence-electron chi connectivity index (χ2n) is 12.5. The van der Waals surface area contributed by atoms with E-state index in [4.69, 9.17) is 11.6 Å². The molecular weight excluding hydrogens is 562 g/mol. The molecule has 41 heavy (non-hydrogen) atoms. The number of hydrogen-bond donors (Lipinski definition) is 3. The molecule has 2 fully saturated rings. The monoisotopic (exact) mass is 599 g/mol. The molecule has 0 unspecified atom stereocenters. The molecule has 5 rings (SSSR count). The maximum atomic E-state index is 13.4. The van der Waals surface area contributed by atoms with E-state index in [9.17, 15) is 23.1 Å². The van der Waals surface area contributed by atoms with Gasteiger partial charge in [-0.25, -0.2) is 13.1 Å². The van der Waals surface area contributed by atoms with Crippen molar-refractivity contribution in [2.45, 2.75) is 88.7 Å². The fraction of sp³-hybridized carbons (Fsp3) is 0.484. The summed E-state index contributed by atoms with van der Waals surface area (Å²) in [7, 11) is -3.80. The van der Waals surface area contributed by atoms with E-state index < -0.39 is 27.4 Å². The second-order valence-corrected chi connectivity index (χ2v) is 14.5. The molecule has 0 saturated heterocycles. The molecule has 220 valence electrons. The lowest BCUT2D eigenvalue weighted by Gasteiger charge is -2.32.